The predicted octanol–water partition coefficient (Wildman–Crippen LogP) is 1.15. The summed E-state index contributed by atoms with van der Waals surface area (Å²) in [6.07, 6.45) is 1.19. The molecule has 6 heteroatoms. The monoisotopic (exact) mass is 270 g/mol. The van der Waals surface area contributed by atoms with Gasteiger partial charge in [0, 0.05) is 20.0 Å². The highest BCUT2D eigenvalue weighted by atomic mass is 16.6. The maximum atomic E-state index is 11.8. The molecular formula is C13H22N2O4. The van der Waals surface area contributed by atoms with E-state index in [0.717, 1.165) is 17.7 Å². The molecule has 2 atom stereocenters. The summed E-state index contributed by atoms with van der Waals surface area (Å²) >= 11 is 0. The zero-order valence-electron chi connectivity index (χ0n) is 11.8. The van der Waals surface area contributed by atoms with E-state index in [1.54, 1.807) is 0 Å². The van der Waals surface area contributed by atoms with Crippen LogP contribution in [0.15, 0.2) is 0 Å². The Balaban J connectivity index is 2.31. The third-order valence-electron chi connectivity index (χ3n) is 3.27. The third-order valence-corrected chi connectivity index (χ3v) is 3.27. The molecule has 6 nitrogen and oxygen atoms in total. The van der Waals surface area contributed by atoms with Crippen LogP contribution in [-0.4, -0.2) is 42.5 Å². The summed E-state index contributed by atoms with van der Waals surface area (Å²) in [6.45, 7) is 6.51. The fourth-order valence-electron chi connectivity index (χ4n) is 1.87. The van der Waals surface area contributed by atoms with Gasteiger partial charge in [-0.25, -0.2) is 9.69 Å². The van der Waals surface area contributed by atoms with Crippen molar-refractivity contribution in [2.45, 2.75) is 33.6 Å². The highest BCUT2D eigenvalue weighted by Gasteiger charge is 2.44. The second-order valence-electron chi connectivity index (χ2n) is 4.94. The van der Waals surface area contributed by atoms with E-state index in [9.17, 15) is 14.4 Å². The van der Waals surface area contributed by atoms with Crippen LogP contribution in [0, 0.1) is 11.8 Å². The van der Waals surface area contributed by atoms with Crippen molar-refractivity contribution in [2.24, 2.45) is 11.8 Å². The average molecular weight is 270 g/mol. The van der Waals surface area contributed by atoms with E-state index in [1.807, 2.05) is 13.8 Å². The van der Waals surface area contributed by atoms with Gasteiger partial charge in [-0.1, -0.05) is 20.3 Å². The number of β-lactam (4-membered cyclic amide) rings is 1. The Morgan fingerprint density at radius 3 is 2.74 bits per heavy atom. The number of imide groups is 1. The lowest BCUT2D eigenvalue weighted by molar-refractivity contribution is -0.147. The largest absolute Gasteiger partial charge is 0.449 e. The average Bonchev–Trinajstić information content (AvgIpc) is 2.35. The summed E-state index contributed by atoms with van der Waals surface area (Å²) in [5.74, 6) is -0.504. The standard InChI is InChI=1S/C13H22N2O4/c1-4-5-6-19-13(18)15-8-11(12(15)17)9(2)7-14-10(3)16/h9,11H,4-8H2,1-3H3,(H,14,16)/t9-,11-/m1/s1. The van der Waals surface area contributed by atoms with Gasteiger partial charge in [-0.05, 0) is 12.3 Å². The van der Waals surface area contributed by atoms with Crippen LogP contribution in [0.2, 0.25) is 0 Å². The number of ether oxygens (including phenoxy) is 1. The molecule has 0 aliphatic carbocycles. The number of carbonyl (C=O) groups excluding carboxylic acids is 3. The zero-order chi connectivity index (χ0) is 14.4. The molecule has 1 aliphatic rings. The van der Waals surface area contributed by atoms with Gasteiger partial charge < -0.3 is 10.1 Å². The number of hydrogen-bond acceptors (Lipinski definition) is 4. The van der Waals surface area contributed by atoms with Crippen molar-refractivity contribution < 1.29 is 19.1 Å². The van der Waals surface area contributed by atoms with Gasteiger partial charge in [-0.3, -0.25) is 9.59 Å². The summed E-state index contributed by atoms with van der Waals surface area (Å²) in [5, 5.41) is 2.68. The van der Waals surface area contributed by atoms with Crippen LogP contribution in [0.25, 0.3) is 0 Å². The molecule has 0 unspecified atom stereocenters. The first-order valence-electron chi connectivity index (χ1n) is 6.70. The SMILES string of the molecule is CCCCOC(=O)N1C[C@H]([C@H](C)CNC(C)=O)C1=O. The molecule has 0 spiro atoms. The van der Waals surface area contributed by atoms with Crippen LogP contribution >= 0.6 is 0 Å². The Labute approximate surface area is 113 Å². The topological polar surface area (TPSA) is 75.7 Å². The first-order chi connectivity index (χ1) is 8.97. The van der Waals surface area contributed by atoms with Crippen molar-refractivity contribution in [3.63, 3.8) is 0 Å². The second kappa shape index (κ2) is 7.11. The number of nitrogens with one attached hydrogen (secondary N) is 1. The Kier molecular flexibility index (Phi) is 5.79. The van der Waals surface area contributed by atoms with E-state index in [2.05, 4.69) is 5.32 Å². The van der Waals surface area contributed by atoms with Crippen LogP contribution < -0.4 is 5.32 Å². The summed E-state index contributed by atoms with van der Waals surface area (Å²) in [6, 6.07) is 0. The van der Waals surface area contributed by atoms with Crippen LogP contribution in [0.3, 0.4) is 0 Å². The quantitative estimate of drug-likeness (QED) is 0.580. The van der Waals surface area contributed by atoms with E-state index >= 15 is 0 Å². The van der Waals surface area contributed by atoms with Gasteiger partial charge in [0.2, 0.25) is 11.8 Å². The van der Waals surface area contributed by atoms with E-state index in [1.165, 1.54) is 6.92 Å². The summed E-state index contributed by atoms with van der Waals surface area (Å²) in [4.78, 5) is 35.3. The van der Waals surface area contributed by atoms with Gasteiger partial charge in [0.25, 0.3) is 0 Å². The van der Waals surface area contributed by atoms with Gasteiger partial charge in [-0.2, -0.15) is 0 Å². The van der Waals surface area contributed by atoms with E-state index in [0.29, 0.717) is 19.7 Å². The molecule has 108 valence electrons. The van der Waals surface area contributed by atoms with Gasteiger partial charge in [0.05, 0.1) is 12.5 Å². The Hall–Kier alpha value is -1.59. The molecule has 0 bridgehead atoms. The highest BCUT2D eigenvalue weighted by molar-refractivity contribution is 5.98. The smallest absolute Gasteiger partial charge is 0.416 e. The van der Waals surface area contributed by atoms with Crippen molar-refractivity contribution in [3.8, 4) is 0 Å². The summed E-state index contributed by atoms with van der Waals surface area (Å²) in [7, 11) is 0. The van der Waals surface area contributed by atoms with Crippen LogP contribution in [-0.2, 0) is 14.3 Å². The molecule has 1 rings (SSSR count). The Morgan fingerprint density at radius 1 is 1.53 bits per heavy atom. The number of likely N-dealkylation sites (tertiary alicyclic amines) is 1. The molecule has 19 heavy (non-hydrogen) atoms. The maximum absolute atomic E-state index is 11.8. The zero-order valence-corrected chi connectivity index (χ0v) is 11.8. The molecule has 1 fully saturated rings. The lowest BCUT2D eigenvalue weighted by Crippen LogP contribution is -2.58. The molecule has 0 radical (unpaired) electrons. The van der Waals surface area contributed by atoms with E-state index in [4.69, 9.17) is 4.74 Å². The number of nitrogens with zero attached hydrogens (tertiary/aromatic N) is 1. The van der Waals surface area contributed by atoms with Crippen LogP contribution in [0.1, 0.15) is 33.6 Å². The highest BCUT2D eigenvalue weighted by Crippen LogP contribution is 2.25. The number of rotatable bonds is 6. The van der Waals surface area contributed by atoms with Crippen molar-refractivity contribution >= 4 is 17.9 Å². The fourth-order valence-corrected chi connectivity index (χ4v) is 1.87. The van der Waals surface area contributed by atoms with Gasteiger partial charge in [0.1, 0.15) is 0 Å². The normalized spacial score (nSPS) is 19.6. The van der Waals surface area contributed by atoms with E-state index in [-0.39, 0.29) is 23.7 Å². The second-order valence-corrected chi connectivity index (χ2v) is 4.94. The minimum Gasteiger partial charge on any atom is -0.449 e. The first kappa shape index (κ1) is 15.5. The van der Waals surface area contributed by atoms with Crippen molar-refractivity contribution in [1.29, 1.82) is 0 Å². The van der Waals surface area contributed by atoms with Crippen molar-refractivity contribution in [2.75, 3.05) is 19.7 Å². The van der Waals surface area contributed by atoms with Gasteiger partial charge in [0.15, 0.2) is 0 Å². The minimum atomic E-state index is -0.554. The maximum Gasteiger partial charge on any atom is 0.416 e. The van der Waals surface area contributed by atoms with Crippen LogP contribution in [0.4, 0.5) is 4.79 Å². The summed E-state index contributed by atoms with van der Waals surface area (Å²) in [5.41, 5.74) is 0. The molecule has 1 aliphatic heterocycles. The molecule has 0 aromatic heterocycles. The fraction of sp³-hybridized carbons (Fsp3) is 0.769. The molecule has 1 N–H and O–H groups in total. The molecule has 1 heterocycles. The molecule has 0 aromatic carbocycles. The van der Waals surface area contributed by atoms with E-state index < -0.39 is 6.09 Å². The third kappa shape index (κ3) is 4.22. The molecule has 0 saturated carbocycles. The van der Waals surface area contributed by atoms with Gasteiger partial charge in [-0.15, -0.1) is 0 Å². The number of amides is 3. The van der Waals surface area contributed by atoms with Crippen LogP contribution in [0.5, 0.6) is 0 Å². The molecule has 1 saturated heterocycles. The molecule has 3 amide bonds. The molecular weight excluding hydrogens is 248 g/mol. The van der Waals surface area contributed by atoms with Gasteiger partial charge >= 0.3 is 6.09 Å². The Morgan fingerprint density at radius 2 is 2.21 bits per heavy atom. The number of hydrogen-bond donors (Lipinski definition) is 1. The molecule has 0 aromatic rings. The summed E-state index contributed by atoms with van der Waals surface area (Å²) < 4.78 is 4.98. The van der Waals surface area contributed by atoms with Crippen molar-refractivity contribution in [3.05, 3.63) is 0 Å². The predicted molar refractivity (Wildman–Crippen MR) is 69.3 cm³/mol. The lowest BCUT2D eigenvalue weighted by Gasteiger charge is -2.39. The number of carbonyl (C=O) groups is 3. The van der Waals surface area contributed by atoms with Crippen molar-refractivity contribution in [1.82, 2.24) is 10.2 Å². The minimum absolute atomic E-state index is 0.0242. The first-order valence-corrected chi connectivity index (χ1v) is 6.70. The number of unbranched alkanes of at least 4 members (excludes halogenated alkanes) is 1. The Bertz CT molecular complexity index is 357. The lowest BCUT2D eigenvalue weighted by atomic mass is 9.86.